The van der Waals surface area contributed by atoms with E-state index in [2.05, 4.69) is 26.0 Å². The standard InChI is InChI=1S/C26H19BrFN3O2/c1-15(32)31-23(16-7-10-19(28)11-8-16)14-22(30-31)25-24(17-5-3-2-4-6-17)20-13-18(27)9-12-21(20)29-26(25)33/h2-13,23H,14H2,1H3,(H,29,33)/t23-/m1/s1. The zero-order valence-corrected chi connectivity index (χ0v) is 19.3. The van der Waals surface area contributed by atoms with Crippen molar-refractivity contribution in [1.29, 1.82) is 0 Å². The molecule has 5 rings (SSSR count). The maximum absolute atomic E-state index is 13.5. The van der Waals surface area contributed by atoms with Gasteiger partial charge in [0.25, 0.3) is 5.56 Å². The molecule has 0 spiro atoms. The highest BCUT2D eigenvalue weighted by Gasteiger charge is 2.34. The molecule has 33 heavy (non-hydrogen) atoms. The second-order valence-corrected chi connectivity index (χ2v) is 8.86. The lowest BCUT2D eigenvalue weighted by Crippen LogP contribution is -2.24. The van der Waals surface area contributed by atoms with Gasteiger partial charge in [-0.1, -0.05) is 58.4 Å². The second-order valence-electron chi connectivity index (χ2n) is 7.94. The summed E-state index contributed by atoms with van der Waals surface area (Å²) >= 11 is 3.53. The van der Waals surface area contributed by atoms with E-state index in [-0.39, 0.29) is 17.3 Å². The van der Waals surface area contributed by atoms with E-state index in [0.717, 1.165) is 26.5 Å². The zero-order valence-electron chi connectivity index (χ0n) is 17.7. The molecule has 0 bridgehead atoms. The van der Waals surface area contributed by atoms with Gasteiger partial charge in [-0.25, -0.2) is 9.40 Å². The van der Waals surface area contributed by atoms with Crippen LogP contribution in [0.3, 0.4) is 0 Å². The van der Waals surface area contributed by atoms with Crippen LogP contribution >= 0.6 is 15.9 Å². The van der Waals surface area contributed by atoms with Gasteiger partial charge in [-0.15, -0.1) is 0 Å². The molecule has 2 heterocycles. The minimum Gasteiger partial charge on any atom is -0.321 e. The maximum atomic E-state index is 13.5. The number of halogens is 2. The van der Waals surface area contributed by atoms with E-state index in [1.165, 1.54) is 24.1 Å². The van der Waals surface area contributed by atoms with Crippen molar-refractivity contribution < 1.29 is 9.18 Å². The number of fused-ring (bicyclic) bond motifs is 1. The molecule has 1 aliphatic rings. The highest BCUT2D eigenvalue weighted by atomic mass is 79.9. The van der Waals surface area contributed by atoms with Gasteiger partial charge in [0.15, 0.2) is 0 Å². The molecule has 164 valence electrons. The zero-order chi connectivity index (χ0) is 23.1. The van der Waals surface area contributed by atoms with Crippen LogP contribution in [0.4, 0.5) is 4.39 Å². The number of aromatic nitrogens is 1. The van der Waals surface area contributed by atoms with Crippen molar-refractivity contribution in [2.45, 2.75) is 19.4 Å². The lowest BCUT2D eigenvalue weighted by atomic mass is 9.91. The van der Waals surface area contributed by atoms with Crippen LogP contribution < -0.4 is 5.56 Å². The number of rotatable bonds is 3. The van der Waals surface area contributed by atoms with Crippen molar-refractivity contribution in [3.63, 3.8) is 0 Å². The summed E-state index contributed by atoms with van der Waals surface area (Å²) in [6, 6.07) is 21.0. The van der Waals surface area contributed by atoms with Gasteiger partial charge in [-0.2, -0.15) is 5.10 Å². The molecule has 5 nitrogen and oxygen atoms in total. The maximum Gasteiger partial charge on any atom is 0.258 e. The largest absolute Gasteiger partial charge is 0.321 e. The van der Waals surface area contributed by atoms with Gasteiger partial charge in [0, 0.05) is 34.3 Å². The van der Waals surface area contributed by atoms with Gasteiger partial charge < -0.3 is 4.98 Å². The van der Waals surface area contributed by atoms with E-state index in [1.807, 2.05) is 48.5 Å². The van der Waals surface area contributed by atoms with Gasteiger partial charge in [-0.05, 0) is 41.5 Å². The van der Waals surface area contributed by atoms with E-state index < -0.39 is 6.04 Å². The topological polar surface area (TPSA) is 65.5 Å². The average Bonchev–Trinajstić information content (AvgIpc) is 3.25. The number of nitrogens with one attached hydrogen (secondary N) is 1. The number of hydrogen-bond donors (Lipinski definition) is 1. The number of H-pyrrole nitrogens is 1. The Balaban J connectivity index is 1.74. The van der Waals surface area contributed by atoms with E-state index in [1.54, 1.807) is 12.1 Å². The molecule has 7 heteroatoms. The second kappa shape index (κ2) is 8.41. The monoisotopic (exact) mass is 503 g/mol. The summed E-state index contributed by atoms with van der Waals surface area (Å²) < 4.78 is 14.4. The molecule has 1 amide bonds. The molecule has 1 aliphatic heterocycles. The first-order valence-electron chi connectivity index (χ1n) is 10.5. The number of nitrogens with zero attached hydrogens (tertiary/aromatic N) is 2. The average molecular weight is 504 g/mol. The van der Waals surface area contributed by atoms with E-state index in [0.29, 0.717) is 23.2 Å². The molecule has 1 atom stereocenters. The van der Waals surface area contributed by atoms with Crippen molar-refractivity contribution in [2.75, 3.05) is 0 Å². The van der Waals surface area contributed by atoms with Gasteiger partial charge >= 0.3 is 0 Å². The van der Waals surface area contributed by atoms with Gasteiger partial charge in [-0.3, -0.25) is 9.59 Å². The van der Waals surface area contributed by atoms with Crippen LogP contribution in [-0.4, -0.2) is 21.6 Å². The van der Waals surface area contributed by atoms with E-state index >= 15 is 0 Å². The third-order valence-electron chi connectivity index (χ3n) is 5.82. The lowest BCUT2D eigenvalue weighted by Gasteiger charge is -2.20. The van der Waals surface area contributed by atoms with Crippen LogP contribution in [0.5, 0.6) is 0 Å². The predicted octanol–water partition coefficient (Wildman–Crippen LogP) is 5.79. The van der Waals surface area contributed by atoms with Crippen molar-refractivity contribution in [1.82, 2.24) is 9.99 Å². The molecule has 3 aromatic carbocycles. The Kier molecular flexibility index (Phi) is 5.42. The highest BCUT2D eigenvalue weighted by molar-refractivity contribution is 9.10. The molecular formula is C26H19BrFN3O2. The van der Waals surface area contributed by atoms with Crippen LogP contribution in [0.2, 0.25) is 0 Å². The number of hydrogen-bond acceptors (Lipinski definition) is 3. The molecule has 0 fully saturated rings. The number of aromatic amines is 1. The summed E-state index contributed by atoms with van der Waals surface area (Å²) in [5, 5.41) is 6.83. The summed E-state index contributed by atoms with van der Waals surface area (Å²) in [6.45, 7) is 1.43. The molecule has 1 N–H and O–H groups in total. The molecule has 0 aliphatic carbocycles. The number of amides is 1. The van der Waals surface area contributed by atoms with Crippen LogP contribution in [-0.2, 0) is 4.79 Å². The van der Waals surface area contributed by atoms with Gasteiger partial charge in [0.2, 0.25) is 5.91 Å². The Morgan fingerprint density at radius 1 is 1.06 bits per heavy atom. The minimum atomic E-state index is -0.417. The first kappa shape index (κ1) is 21.3. The molecule has 0 radical (unpaired) electrons. The lowest BCUT2D eigenvalue weighted by molar-refractivity contribution is -0.130. The number of benzene rings is 3. The summed E-state index contributed by atoms with van der Waals surface area (Å²) in [7, 11) is 0. The third kappa shape index (κ3) is 3.89. The SMILES string of the molecule is CC(=O)N1N=C(c2c(-c3ccccc3)c3cc(Br)ccc3[nH]c2=O)C[C@@H]1c1ccc(F)cc1. The number of carbonyl (C=O) groups excluding carboxylic acids is 1. The minimum absolute atomic E-state index is 0.249. The first-order chi connectivity index (χ1) is 15.9. The molecule has 0 unspecified atom stereocenters. The van der Waals surface area contributed by atoms with Gasteiger partial charge in [0.1, 0.15) is 5.82 Å². The fourth-order valence-electron chi connectivity index (χ4n) is 4.34. The molecule has 0 saturated carbocycles. The van der Waals surface area contributed by atoms with Crippen molar-refractivity contribution in [3.8, 4) is 11.1 Å². The Bertz CT molecular complexity index is 1460. The predicted molar refractivity (Wildman–Crippen MR) is 131 cm³/mol. The Morgan fingerprint density at radius 2 is 1.79 bits per heavy atom. The Hall–Kier alpha value is -3.58. The van der Waals surface area contributed by atoms with Crippen LogP contribution in [0.25, 0.3) is 22.0 Å². The third-order valence-corrected chi connectivity index (χ3v) is 6.31. The van der Waals surface area contributed by atoms with Gasteiger partial charge in [0.05, 0.1) is 17.3 Å². The summed E-state index contributed by atoms with van der Waals surface area (Å²) in [5.74, 6) is -0.601. The molecule has 4 aromatic rings. The van der Waals surface area contributed by atoms with Crippen molar-refractivity contribution in [3.05, 3.63) is 105 Å². The molecular weight excluding hydrogens is 485 g/mol. The number of carbonyl (C=O) groups is 1. The molecule has 0 saturated heterocycles. The Labute approximate surface area is 197 Å². The first-order valence-corrected chi connectivity index (χ1v) is 11.3. The van der Waals surface area contributed by atoms with Crippen LogP contribution in [0.1, 0.15) is 30.5 Å². The van der Waals surface area contributed by atoms with Crippen molar-refractivity contribution in [2.24, 2.45) is 5.10 Å². The fourth-order valence-corrected chi connectivity index (χ4v) is 4.70. The number of pyridine rings is 1. The van der Waals surface area contributed by atoms with Crippen LogP contribution in [0.15, 0.2) is 87.2 Å². The number of hydrazone groups is 1. The normalized spacial score (nSPS) is 15.7. The summed E-state index contributed by atoms with van der Waals surface area (Å²) in [4.78, 5) is 28.8. The summed E-state index contributed by atoms with van der Waals surface area (Å²) in [6.07, 6.45) is 0.341. The fraction of sp³-hybridized carbons (Fsp3) is 0.115. The van der Waals surface area contributed by atoms with E-state index in [9.17, 15) is 14.0 Å². The smallest absolute Gasteiger partial charge is 0.258 e. The van der Waals surface area contributed by atoms with E-state index in [4.69, 9.17) is 0 Å². The summed E-state index contributed by atoms with van der Waals surface area (Å²) in [5.41, 5.74) is 3.78. The van der Waals surface area contributed by atoms with Crippen LogP contribution in [0, 0.1) is 5.82 Å². The molecule has 1 aromatic heterocycles. The Morgan fingerprint density at radius 3 is 2.48 bits per heavy atom. The quantitative estimate of drug-likeness (QED) is 0.384. The van der Waals surface area contributed by atoms with Crippen molar-refractivity contribution >= 4 is 38.5 Å². The highest BCUT2D eigenvalue weighted by Crippen LogP contribution is 2.37.